The monoisotopic (exact) mass is 294 g/mol. The Morgan fingerprint density at radius 3 is 2.64 bits per heavy atom. The van der Waals surface area contributed by atoms with Crippen molar-refractivity contribution < 1.29 is 5.11 Å². The molecule has 1 N–H and O–H groups in total. The fraction of sp³-hybridized carbons (Fsp3) is 0.235. The van der Waals surface area contributed by atoms with Gasteiger partial charge in [0.25, 0.3) is 0 Å². The number of hydrogen-bond acceptors (Lipinski definition) is 4. The van der Waals surface area contributed by atoms with Crippen LogP contribution in [0.5, 0.6) is 0 Å². The summed E-state index contributed by atoms with van der Waals surface area (Å²) in [4.78, 5) is 8.10. The molecule has 5 nitrogen and oxygen atoms in total. The summed E-state index contributed by atoms with van der Waals surface area (Å²) in [6.07, 6.45) is 7.37. The molecule has 2 aromatic heterocycles. The zero-order valence-electron chi connectivity index (χ0n) is 12.4. The zero-order valence-corrected chi connectivity index (χ0v) is 12.4. The van der Waals surface area contributed by atoms with Crippen molar-refractivity contribution in [3.05, 3.63) is 55.2 Å². The third-order valence-electron chi connectivity index (χ3n) is 3.56. The number of aliphatic hydroxyl groups is 1. The van der Waals surface area contributed by atoms with Crippen LogP contribution in [0.2, 0.25) is 0 Å². The Bertz CT molecular complexity index is 739. The van der Waals surface area contributed by atoms with E-state index in [0.717, 1.165) is 28.8 Å². The number of rotatable bonds is 5. The summed E-state index contributed by atoms with van der Waals surface area (Å²) >= 11 is 0. The Morgan fingerprint density at radius 2 is 1.86 bits per heavy atom. The van der Waals surface area contributed by atoms with Gasteiger partial charge in [0.1, 0.15) is 6.33 Å². The van der Waals surface area contributed by atoms with Crippen molar-refractivity contribution in [3.8, 4) is 22.4 Å². The Hall–Kier alpha value is -2.53. The molecule has 0 aliphatic heterocycles. The van der Waals surface area contributed by atoms with E-state index in [1.54, 1.807) is 17.1 Å². The van der Waals surface area contributed by atoms with Gasteiger partial charge in [0.15, 0.2) is 0 Å². The molecule has 0 spiro atoms. The van der Waals surface area contributed by atoms with E-state index in [4.69, 9.17) is 0 Å². The van der Waals surface area contributed by atoms with Crippen molar-refractivity contribution in [3.63, 3.8) is 0 Å². The first-order chi connectivity index (χ1) is 10.8. The summed E-state index contributed by atoms with van der Waals surface area (Å²) in [5, 5.41) is 14.2. The Morgan fingerprint density at radius 1 is 1.09 bits per heavy atom. The molecular formula is C17H18N4O. The van der Waals surface area contributed by atoms with Crippen molar-refractivity contribution in [1.29, 1.82) is 0 Å². The Kier molecular flexibility index (Phi) is 4.25. The highest BCUT2D eigenvalue weighted by Gasteiger charge is 2.07. The maximum Gasteiger partial charge on any atom is 0.115 e. The van der Waals surface area contributed by atoms with Gasteiger partial charge in [-0.25, -0.2) is 9.97 Å². The van der Waals surface area contributed by atoms with Gasteiger partial charge >= 0.3 is 0 Å². The SMILES string of the molecule is CC[C@@H](O)Cn1ccc(-c2cccc(-c3cncnc3)c2)n1. The van der Waals surface area contributed by atoms with Crippen molar-refractivity contribution >= 4 is 0 Å². The van der Waals surface area contributed by atoms with Gasteiger partial charge in [0.2, 0.25) is 0 Å². The van der Waals surface area contributed by atoms with Crippen LogP contribution in [0.1, 0.15) is 13.3 Å². The molecular weight excluding hydrogens is 276 g/mol. The maximum absolute atomic E-state index is 9.71. The molecule has 0 saturated heterocycles. The summed E-state index contributed by atoms with van der Waals surface area (Å²) in [5.41, 5.74) is 3.96. The molecule has 2 heterocycles. The molecule has 112 valence electrons. The molecule has 0 saturated carbocycles. The van der Waals surface area contributed by atoms with E-state index in [1.807, 2.05) is 37.4 Å². The molecule has 3 rings (SSSR count). The fourth-order valence-corrected chi connectivity index (χ4v) is 2.27. The van der Waals surface area contributed by atoms with Crippen LogP contribution in [-0.4, -0.2) is 31.0 Å². The van der Waals surface area contributed by atoms with Crippen LogP contribution in [0.3, 0.4) is 0 Å². The van der Waals surface area contributed by atoms with E-state index in [-0.39, 0.29) is 6.10 Å². The number of benzene rings is 1. The van der Waals surface area contributed by atoms with Crippen molar-refractivity contribution in [2.24, 2.45) is 0 Å². The average Bonchev–Trinajstić information content (AvgIpc) is 3.04. The summed E-state index contributed by atoms with van der Waals surface area (Å²) in [6, 6.07) is 10.1. The lowest BCUT2D eigenvalue weighted by Crippen LogP contribution is -2.14. The largest absolute Gasteiger partial charge is 0.391 e. The first kappa shape index (κ1) is 14.4. The van der Waals surface area contributed by atoms with Gasteiger partial charge in [-0.2, -0.15) is 5.10 Å². The topological polar surface area (TPSA) is 63.8 Å². The van der Waals surface area contributed by atoms with Gasteiger partial charge in [-0.3, -0.25) is 4.68 Å². The van der Waals surface area contributed by atoms with Crippen LogP contribution in [0, 0.1) is 0 Å². The molecule has 1 aromatic carbocycles. The van der Waals surface area contributed by atoms with Gasteiger partial charge in [-0.05, 0) is 24.1 Å². The molecule has 0 bridgehead atoms. The van der Waals surface area contributed by atoms with Crippen molar-refractivity contribution in [2.45, 2.75) is 26.0 Å². The van der Waals surface area contributed by atoms with Crippen molar-refractivity contribution in [1.82, 2.24) is 19.7 Å². The van der Waals surface area contributed by atoms with Crippen LogP contribution in [0.4, 0.5) is 0 Å². The third-order valence-corrected chi connectivity index (χ3v) is 3.56. The second-order valence-electron chi connectivity index (χ2n) is 5.19. The zero-order chi connectivity index (χ0) is 15.4. The molecule has 1 atom stereocenters. The normalized spacial score (nSPS) is 12.3. The van der Waals surface area contributed by atoms with E-state index < -0.39 is 0 Å². The smallest absolute Gasteiger partial charge is 0.115 e. The second-order valence-corrected chi connectivity index (χ2v) is 5.19. The van der Waals surface area contributed by atoms with E-state index in [2.05, 4.69) is 21.1 Å². The lowest BCUT2D eigenvalue weighted by molar-refractivity contribution is 0.145. The van der Waals surface area contributed by atoms with Crippen LogP contribution in [0.25, 0.3) is 22.4 Å². The lowest BCUT2D eigenvalue weighted by atomic mass is 10.0. The first-order valence-electron chi connectivity index (χ1n) is 7.33. The maximum atomic E-state index is 9.71. The van der Waals surface area contributed by atoms with Gasteiger partial charge < -0.3 is 5.11 Å². The molecule has 0 radical (unpaired) electrons. The Labute approximate surface area is 129 Å². The molecule has 22 heavy (non-hydrogen) atoms. The Balaban J connectivity index is 1.87. The summed E-state index contributed by atoms with van der Waals surface area (Å²) in [6.45, 7) is 2.48. The van der Waals surface area contributed by atoms with Gasteiger partial charge in [0, 0.05) is 29.7 Å². The molecule has 0 amide bonds. The highest BCUT2D eigenvalue weighted by molar-refractivity contribution is 5.70. The number of hydrogen-bond donors (Lipinski definition) is 1. The third kappa shape index (κ3) is 3.20. The molecule has 5 heteroatoms. The number of nitrogens with zero attached hydrogens (tertiary/aromatic N) is 4. The molecule has 0 unspecified atom stereocenters. The standard InChI is InChI=1S/C17H18N4O/c1-2-16(22)11-21-7-6-17(20-21)14-5-3-4-13(8-14)15-9-18-12-19-10-15/h3-10,12,16,22H,2,11H2,1H3/t16-/m1/s1. The van der Waals surface area contributed by atoms with Gasteiger partial charge in [-0.15, -0.1) is 0 Å². The predicted molar refractivity (Wildman–Crippen MR) is 85.0 cm³/mol. The van der Waals surface area contributed by atoms with Crippen LogP contribution in [0.15, 0.2) is 55.2 Å². The quantitative estimate of drug-likeness (QED) is 0.786. The van der Waals surface area contributed by atoms with Crippen LogP contribution < -0.4 is 0 Å². The minimum absolute atomic E-state index is 0.361. The fourth-order valence-electron chi connectivity index (χ4n) is 2.27. The minimum atomic E-state index is -0.361. The van der Waals surface area contributed by atoms with E-state index in [9.17, 15) is 5.11 Å². The van der Waals surface area contributed by atoms with E-state index in [0.29, 0.717) is 6.54 Å². The highest BCUT2D eigenvalue weighted by atomic mass is 16.3. The summed E-state index contributed by atoms with van der Waals surface area (Å²) in [5.74, 6) is 0. The van der Waals surface area contributed by atoms with Gasteiger partial charge in [-0.1, -0.05) is 25.1 Å². The van der Waals surface area contributed by atoms with E-state index >= 15 is 0 Å². The second kappa shape index (κ2) is 6.49. The predicted octanol–water partition coefficient (Wildman–Crippen LogP) is 2.78. The van der Waals surface area contributed by atoms with Crippen molar-refractivity contribution in [2.75, 3.05) is 0 Å². The minimum Gasteiger partial charge on any atom is -0.391 e. The van der Waals surface area contributed by atoms with Crippen LogP contribution in [-0.2, 0) is 6.54 Å². The molecule has 0 aliphatic rings. The summed E-state index contributed by atoms with van der Waals surface area (Å²) < 4.78 is 1.78. The highest BCUT2D eigenvalue weighted by Crippen LogP contribution is 2.24. The first-order valence-corrected chi connectivity index (χ1v) is 7.33. The number of aliphatic hydroxyl groups excluding tert-OH is 1. The molecule has 0 fully saturated rings. The van der Waals surface area contributed by atoms with Gasteiger partial charge in [0.05, 0.1) is 18.3 Å². The molecule has 0 aliphatic carbocycles. The van der Waals surface area contributed by atoms with E-state index in [1.165, 1.54) is 6.33 Å². The van der Waals surface area contributed by atoms with Crippen LogP contribution >= 0.6 is 0 Å². The average molecular weight is 294 g/mol. The molecule has 3 aromatic rings. The number of aromatic nitrogens is 4. The lowest BCUT2D eigenvalue weighted by Gasteiger charge is -2.07. The summed E-state index contributed by atoms with van der Waals surface area (Å²) in [7, 11) is 0.